The van der Waals surface area contributed by atoms with Gasteiger partial charge in [-0.2, -0.15) is 0 Å². The fourth-order valence-corrected chi connectivity index (χ4v) is 3.63. The SMILES string of the molecule is CC(=O)N1CC(C)(C)Oc2ccc(S(=O)(=O)NCC(C)C)cc21. The monoisotopic (exact) mass is 340 g/mol. The van der Waals surface area contributed by atoms with E-state index >= 15 is 0 Å². The standard InChI is InChI=1S/C16H24N2O4S/c1-11(2)9-17-23(20,21)13-6-7-15-14(8-13)18(12(3)19)10-16(4,5)22-15/h6-8,11,17H,9-10H2,1-5H3. The minimum Gasteiger partial charge on any atom is -0.484 e. The van der Waals surface area contributed by atoms with Gasteiger partial charge in [-0.15, -0.1) is 0 Å². The van der Waals surface area contributed by atoms with Crippen LogP contribution in [0.2, 0.25) is 0 Å². The van der Waals surface area contributed by atoms with Gasteiger partial charge in [0.25, 0.3) is 0 Å². The highest BCUT2D eigenvalue weighted by molar-refractivity contribution is 7.89. The third-order valence-corrected chi connectivity index (χ3v) is 4.94. The van der Waals surface area contributed by atoms with Crippen LogP contribution >= 0.6 is 0 Å². The van der Waals surface area contributed by atoms with E-state index in [1.54, 1.807) is 11.0 Å². The predicted molar refractivity (Wildman–Crippen MR) is 89.2 cm³/mol. The Morgan fingerprint density at radius 3 is 2.61 bits per heavy atom. The molecule has 23 heavy (non-hydrogen) atoms. The van der Waals surface area contributed by atoms with Crippen LogP contribution in [-0.2, 0) is 14.8 Å². The minimum absolute atomic E-state index is 0.131. The van der Waals surface area contributed by atoms with Gasteiger partial charge in [0.15, 0.2) is 0 Å². The van der Waals surface area contributed by atoms with Crippen LogP contribution in [0, 0.1) is 5.92 Å². The molecule has 1 N–H and O–H groups in total. The predicted octanol–water partition coefficient (Wildman–Crippen LogP) is 2.14. The number of rotatable bonds is 4. The van der Waals surface area contributed by atoms with Gasteiger partial charge in [-0.25, -0.2) is 13.1 Å². The van der Waals surface area contributed by atoms with E-state index in [1.807, 2.05) is 27.7 Å². The van der Waals surface area contributed by atoms with Crippen molar-refractivity contribution < 1.29 is 17.9 Å². The smallest absolute Gasteiger partial charge is 0.240 e. The Morgan fingerprint density at radius 2 is 2.04 bits per heavy atom. The molecule has 1 heterocycles. The summed E-state index contributed by atoms with van der Waals surface area (Å²) in [6, 6.07) is 4.60. The number of nitrogens with one attached hydrogen (secondary N) is 1. The molecule has 128 valence electrons. The summed E-state index contributed by atoms with van der Waals surface area (Å²) in [5, 5.41) is 0. The lowest BCUT2D eigenvalue weighted by atomic mass is 10.1. The zero-order valence-corrected chi connectivity index (χ0v) is 15.0. The summed E-state index contributed by atoms with van der Waals surface area (Å²) in [5.74, 6) is 0.576. The van der Waals surface area contributed by atoms with E-state index in [-0.39, 0.29) is 16.7 Å². The van der Waals surface area contributed by atoms with Crippen molar-refractivity contribution in [1.29, 1.82) is 0 Å². The Bertz CT molecular complexity index is 711. The number of carbonyl (C=O) groups is 1. The molecule has 0 atom stereocenters. The van der Waals surface area contributed by atoms with Crippen molar-refractivity contribution >= 4 is 21.6 Å². The average molecular weight is 340 g/mol. The van der Waals surface area contributed by atoms with Crippen LogP contribution in [0.4, 0.5) is 5.69 Å². The highest BCUT2D eigenvalue weighted by Crippen LogP contribution is 2.38. The topological polar surface area (TPSA) is 75.7 Å². The summed E-state index contributed by atoms with van der Waals surface area (Å²) in [7, 11) is -3.61. The molecule has 1 aliphatic rings. The van der Waals surface area contributed by atoms with Crippen LogP contribution in [0.3, 0.4) is 0 Å². The fraction of sp³-hybridized carbons (Fsp3) is 0.562. The first-order valence-corrected chi connectivity index (χ1v) is 9.11. The molecule has 2 rings (SSSR count). The first-order chi connectivity index (χ1) is 10.5. The van der Waals surface area contributed by atoms with Crippen LogP contribution in [0.25, 0.3) is 0 Å². The van der Waals surface area contributed by atoms with Gasteiger partial charge < -0.3 is 9.64 Å². The van der Waals surface area contributed by atoms with Crippen molar-refractivity contribution in [3.8, 4) is 5.75 Å². The highest BCUT2D eigenvalue weighted by Gasteiger charge is 2.34. The first-order valence-electron chi connectivity index (χ1n) is 7.63. The number of fused-ring (bicyclic) bond motifs is 1. The second kappa shape index (κ2) is 6.13. The van der Waals surface area contributed by atoms with Gasteiger partial charge in [0.05, 0.1) is 17.1 Å². The van der Waals surface area contributed by atoms with Crippen molar-refractivity contribution in [3.05, 3.63) is 18.2 Å². The minimum atomic E-state index is -3.61. The largest absolute Gasteiger partial charge is 0.484 e. The van der Waals surface area contributed by atoms with E-state index in [0.29, 0.717) is 24.5 Å². The Kier molecular flexibility index (Phi) is 4.73. The lowest BCUT2D eigenvalue weighted by Gasteiger charge is -2.39. The quantitative estimate of drug-likeness (QED) is 0.911. The van der Waals surface area contributed by atoms with Gasteiger partial charge in [-0.1, -0.05) is 13.8 Å². The van der Waals surface area contributed by atoms with Crippen LogP contribution in [-0.4, -0.2) is 33.0 Å². The number of hydrogen-bond donors (Lipinski definition) is 1. The Hall–Kier alpha value is -1.60. The van der Waals surface area contributed by atoms with Crippen LogP contribution in [0.5, 0.6) is 5.75 Å². The van der Waals surface area contributed by atoms with Crippen molar-refractivity contribution in [2.75, 3.05) is 18.0 Å². The number of amides is 1. The summed E-state index contributed by atoms with van der Waals surface area (Å²) in [6.45, 7) is 9.84. The van der Waals surface area contributed by atoms with Crippen LogP contribution in [0.15, 0.2) is 23.1 Å². The molecule has 0 saturated heterocycles. The van der Waals surface area contributed by atoms with E-state index in [0.717, 1.165) is 0 Å². The van der Waals surface area contributed by atoms with Gasteiger partial charge in [0.2, 0.25) is 15.9 Å². The van der Waals surface area contributed by atoms with Gasteiger partial charge in [0.1, 0.15) is 11.4 Å². The third-order valence-electron chi connectivity index (χ3n) is 3.52. The zero-order valence-electron chi connectivity index (χ0n) is 14.2. The zero-order chi connectivity index (χ0) is 17.4. The van der Waals surface area contributed by atoms with Gasteiger partial charge in [-0.05, 0) is 38.0 Å². The van der Waals surface area contributed by atoms with E-state index in [1.165, 1.54) is 19.1 Å². The molecule has 0 aliphatic carbocycles. The second-order valence-electron chi connectivity index (χ2n) is 6.84. The Labute approximate surface area is 137 Å². The summed E-state index contributed by atoms with van der Waals surface area (Å²) >= 11 is 0. The molecule has 0 unspecified atom stereocenters. The molecule has 0 aromatic heterocycles. The van der Waals surface area contributed by atoms with Crippen molar-refractivity contribution in [1.82, 2.24) is 4.72 Å². The van der Waals surface area contributed by atoms with Crippen molar-refractivity contribution in [2.45, 2.75) is 45.1 Å². The molecular formula is C16H24N2O4S. The second-order valence-corrected chi connectivity index (χ2v) is 8.61. The van der Waals surface area contributed by atoms with E-state index < -0.39 is 15.6 Å². The van der Waals surface area contributed by atoms with Gasteiger partial charge >= 0.3 is 0 Å². The molecule has 1 aromatic rings. The maximum absolute atomic E-state index is 12.4. The third kappa shape index (κ3) is 4.03. The number of benzene rings is 1. The van der Waals surface area contributed by atoms with Crippen LogP contribution in [0.1, 0.15) is 34.6 Å². The maximum Gasteiger partial charge on any atom is 0.240 e. The first kappa shape index (κ1) is 17.7. The molecule has 0 fully saturated rings. The molecular weight excluding hydrogens is 316 g/mol. The van der Waals surface area contributed by atoms with Crippen molar-refractivity contribution in [2.24, 2.45) is 5.92 Å². The maximum atomic E-state index is 12.4. The summed E-state index contributed by atoms with van der Waals surface area (Å²) in [4.78, 5) is 13.6. The fourth-order valence-electron chi connectivity index (χ4n) is 2.40. The highest BCUT2D eigenvalue weighted by atomic mass is 32.2. The average Bonchev–Trinajstić information content (AvgIpc) is 2.42. The number of sulfonamides is 1. The van der Waals surface area contributed by atoms with Crippen LogP contribution < -0.4 is 14.4 Å². The summed E-state index contributed by atoms with van der Waals surface area (Å²) in [5.41, 5.74) is -0.0289. The molecule has 0 spiro atoms. The van der Waals surface area contributed by atoms with Gasteiger partial charge in [-0.3, -0.25) is 4.79 Å². The summed E-state index contributed by atoms with van der Waals surface area (Å²) in [6.07, 6.45) is 0. The van der Waals surface area contributed by atoms with E-state index in [4.69, 9.17) is 4.74 Å². The number of hydrogen-bond acceptors (Lipinski definition) is 4. The molecule has 0 bridgehead atoms. The van der Waals surface area contributed by atoms with Crippen molar-refractivity contribution in [3.63, 3.8) is 0 Å². The van der Waals surface area contributed by atoms with Gasteiger partial charge in [0, 0.05) is 13.5 Å². The Morgan fingerprint density at radius 1 is 1.39 bits per heavy atom. The number of nitrogens with zero attached hydrogens (tertiary/aromatic N) is 1. The number of ether oxygens (including phenoxy) is 1. The molecule has 0 radical (unpaired) electrons. The lowest BCUT2D eigenvalue weighted by molar-refractivity contribution is -0.117. The molecule has 6 nitrogen and oxygen atoms in total. The molecule has 0 saturated carbocycles. The number of anilines is 1. The lowest BCUT2D eigenvalue weighted by Crippen LogP contribution is -2.48. The Balaban J connectivity index is 2.42. The molecule has 1 amide bonds. The van der Waals surface area contributed by atoms with E-state index in [9.17, 15) is 13.2 Å². The molecule has 1 aliphatic heterocycles. The molecule has 1 aromatic carbocycles. The normalized spacial score (nSPS) is 16.9. The number of carbonyl (C=O) groups excluding carboxylic acids is 1. The van der Waals surface area contributed by atoms with E-state index in [2.05, 4.69) is 4.72 Å². The summed E-state index contributed by atoms with van der Waals surface area (Å²) < 4.78 is 33.2. The molecule has 7 heteroatoms.